The number of carboxylic acid groups (broad SMARTS) is 1. The zero-order chi connectivity index (χ0) is 12.9. The van der Waals surface area contributed by atoms with Crippen LogP contribution in [-0.4, -0.2) is 33.4 Å². The number of hydrogen-bond donors (Lipinski definition) is 2. The van der Waals surface area contributed by atoms with E-state index in [4.69, 9.17) is 9.84 Å². The van der Waals surface area contributed by atoms with Crippen molar-refractivity contribution in [1.29, 1.82) is 0 Å². The molecule has 1 aromatic rings. The molecule has 5 nitrogen and oxygen atoms in total. The smallest absolute Gasteiger partial charge is 0.354 e. The number of aliphatic hydroxyl groups is 1. The Bertz CT molecular complexity index is 371. The molecule has 2 N–H and O–H groups in total. The molecule has 0 saturated heterocycles. The van der Waals surface area contributed by atoms with Crippen LogP contribution < -0.4 is 4.74 Å². The molecule has 0 unspecified atom stereocenters. The Kier molecular flexibility index (Phi) is 4.45. The number of rotatable bonds is 6. The van der Waals surface area contributed by atoms with Gasteiger partial charge in [-0.15, -0.1) is 0 Å². The summed E-state index contributed by atoms with van der Waals surface area (Å²) >= 11 is 0. The molecular weight excluding hydrogens is 222 g/mol. The summed E-state index contributed by atoms with van der Waals surface area (Å²) in [5.74, 6) is -0.620. The quantitative estimate of drug-likeness (QED) is 0.790. The zero-order valence-corrected chi connectivity index (χ0v) is 10.0. The molecule has 0 atom stereocenters. The molecule has 5 heteroatoms. The van der Waals surface area contributed by atoms with Crippen molar-refractivity contribution < 1.29 is 19.7 Å². The molecule has 17 heavy (non-hydrogen) atoms. The van der Waals surface area contributed by atoms with Gasteiger partial charge in [0.05, 0.1) is 11.8 Å². The Morgan fingerprint density at radius 3 is 2.47 bits per heavy atom. The number of pyridine rings is 1. The second kappa shape index (κ2) is 5.63. The molecule has 0 aliphatic carbocycles. The minimum Gasteiger partial charge on any atom is -0.489 e. The molecule has 1 aromatic heterocycles. The van der Waals surface area contributed by atoms with Gasteiger partial charge in [-0.05, 0) is 25.0 Å². The SMILES string of the molecule is CCC(O)(CC)COc1ccc(C(=O)O)nc1. The fourth-order valence-electron chi connectivity index (χ4n) is 1.26. The highest BCUT2D eigenvalue weighted by atomic mass is 16.5. The van der Waals surface area contributed by atoms with Crippen molar-refractivity contribution in [3.05, 3.63) is 24.0 Å². The first-order chi connectivity index (χ1) is 8.00. The predicted octanol–water partition coefficient (Wildman–Crippen LogP) is 1.71. The maximum atomic E-state index is 10.6. The minimum absolute atomic E-state index is 0.0291. The molecule has 1 rings (SSSR count). The van der Waals surface area contributed by atoms with Crippen LogP contribution in [0.15, 0.2) is 18.3 Å². The lowest BCUT2D eigenvalue weighted by Gasteiger charge is -2.24. The van der Waals surface area contributed by atoms with Crippen LogP contribution in [0.5, 0.6) is 5.75 Å². The number of aromatic carboxylic acids is 1. The third-order valence-corrected chi connectivity index (χ3v) is 2.78. The number of hydrogen-bond acceptors (Lipinski definition) is 4. The number of carboxylic acids is 1. The fraction of sp³-hybridized carbons (Fsp3) is 0.500. The topological polar surface area (TPSA) is 79.7 Å². The Morgan fingerprint density at radius 2 is 2.06 bits per heavy atom. The zero-order valence-electron chi connectivity index (χ0n) is 10.0. The number of aromatic nitrogens is 1. The molecule has 1 heterocycles. The molecule has 0 radical (unpaired) electrons. The molecule has 0 amide bonds. The molecule has 0 bridgehead atoms. The van der Waals surface area contributed by atoms with Gasteiger partial charge in [-0.1, -0.05) is 13.8 Å². The highest BCUT2D eigenvalue weighted by molar-refractivity contribution is 5.85. The molecule has 0 aliphatic heterocycles. The Balaban J connectivity index is 2.61. The van der Waals surface area contributed by atoms with Gasteiger partial charge in [0.2, 0.25) is 0 Å². The van der Waals surface area contributed by atoms with E-state index >= 15 is 0 Å². The predicted molar refractivity (Wildman–Crippen MR) is 62.2 cm³/mol. The van der Waals surface area contributed by atoms with E-state index < -0.39 is 11.6 Å². The maximum Gasteiger partial charge on any atom is 0.354 e. The summed E-state index contributed by atoms with van der Waals surface area (Å²) in [5.41, 5.74) is -0.871. The molecule has 94 valence electrons. The second-order valence-electron chi connectivity index (χ2n) is 3.90. The average molecular weight is 239 g/mol. The number of ether oxygens (including phenoxy) is 1. The van der Waals surface area contributed by atoms with Gasteiger partial charge in [-0.2, -0.15) is 0 Å². The third-order valence-electron chi connectivity index (χ3n) is 2.78. The first-order valence-corrected chi connectivity index (χ1v) is 5.55. The van der Waals surface area contributed by atoms with Gasteiger partial charge in [-0.3, -0.25) is 0 Å². The van der Waals surface area contributed by atoms with Gasteiger partial charge in [0.1, 0.15) is 18.1 Å². The van der Waals surface area contributed by atoms with Gasteiger partial charge in [0.25, 0.3) is 0 Å². The Hall–Kier alpha value is -1.62. The van der Waals surface area contributed by atoms with Crippen molar-refractivity contribution in [2.24, 2.45) is 0 Å². The van der Waals surface area contributed by atoms with Crippen molar-refractivity contribution in [3.63, 3.8) is 0 Å². The monoisotopic (exact) mass is 239 g/mol. The molecule has 0 aromatic carbocycles. The Morgan fingerprint density at radius 1 is 1.41 bits per heavy atom. The second-order valence-corrected chi connectivity index (χ2v) is 3.90. The van der Waals surface area contributed by atoms with E-state index in [9.17, 15) is 9.90 Å². The summed E-state index contributed by atoms with van der Waals surface area (Å²) in [5, 5.41) is 18.7. The third kappa shape index (κ3) is 3.71. The van der Waals surface area contributed by atoms with Gasteiger partial charge in [-0.25, -0.2) is 9.78 Å². The van der Waals surface area contributed by atoms with Crippen molar-refractivity contribution in [3.8, 4) is 5.75 Å². The van der Waals surface area contributed by atoms with Gasteiger partial charge < -0.3 is 14.9 Å². The van der Waals surface area contributed by atoms with Gasteiger partial charge in [0, 0.05) is 0 Å². The summed E-state index contributed by atoms with van der Waals surface area (Å²) in [7, 11) is 0. The van der Waals surface area contributed by atoms with Crippen molar-refractivity contribution in [2.45, 2.75) is 32.3 Å². The maximum absolute atomic E-state index is 10.6. The molecular formula is C12H17NO4. The first kappa shape index (κ1) is 13.4. The van der Waals surface area contributed by atoms with Crippen LogP contribution in [0.25, 0.3) is 0 Å². The summed E-state index contributed by atoms with van der Waals surface area (Å²) in [6.07, 6.45) is 2.55. The van der Waals surface area contributed by atoms with Gasteiger partial charge >= 0.3 is 5.97 Å². The van der Waals surface area contributed by atoms with E-state index in [0.29, 0.717) is 18.6 Å². The lowest BCUT2D eigenvalue weighted by atomic mass is 9.99. The normalized spacial score (nSPS) is 11.2. The van der Waals surface area contributed by atoms with Crippen LogP contribution in [0.1, 0.15) is 37.2 Å². The van der Waals surface area contributed by atoms with Crippen LogP contribution >= 0.6 is 0 Å². The van der Waals surface area contributed by atoms with E-state index in [1.807, 2.05) is 13.8 Å². The van der Waals surface area contributed by atoms with Crippen LogP contribution in [0.2, 0.25) is 0 Å². The highest BCUT2D eigenvalue weighted by Crippen LogP contribution is 2.17. The van der Waals surface area contributed by atoms with Crippen LogP contribution in [0.4, 0.5) is 0 Å². The van der Waals surface area contributed by atoms with Crippen molar-refractivity contribution >= 4 is 5.97 Å². The Labute approximate surface area is 100 Å². The van der Waals surface area contributed by atoms with Crippen LogP contribution in [-0.2, 0) is 0 Å². The number of carbonyl (C=O) groups is 1. The van der Waals surface area contributed by atoms with Crippen molar-refractivity contribution in [2.75, 3.05) is 6.61 Å². The lowest BCUT2D eigenvalue weighted by molar-refractivity contribution is -0.0114. The molecule has 0 aliphatic rings. The first-order valence-electron chi connectivity index (χ1n) is 5.55. The van der Waals surface area contributed by atoms with E-state index in [1.165, 1.54) is 18.3 Å². The summed E-state index contributed by atoms with van der Waals surface area (Å²) < 4.78 is 5.38. The summed E-state index contributed by atoms with van der Waals surface area (Å²) in [6, 6.07) is 2.90. The van der Waals surface area contributed by atoms with E-state index in [0.717, 1.165) is 0 Å². The van der Waals surface area contributed by atoms with Crippen LogP contribution in [0.3, 0.4) is 0 Å². The van der Waals surface area contributed by atoms with E-state index in [1.54, 1.807) is 0 Å². The largest absolute Gasteiger partial charge is 0.489 e. The van der Waals surface area contributed by atoms with Crippen LogP contribution in [0, 0.1) is 0 Å². The standard InChI is InChI=1S/C12H17NO4/c1-3-12(16,4-2)8-17-9-5-6-10(11(14)15)13-7-9/h5-7,16H,3-4,8H2,1-2H3,(H,14,15). The average Bonchev–Trinajstić information content (AvgIpc) is 2.36. The fourth-order valence-corrected chi connectivity index (χ4v) is 1.26. The number of nitrogens with zero attached hydrogens (tertiary/aromatic N) is 1. The lowest BCUT2D eigenvalue weighted by Crippen LogP contribution is -2.34. The van der Waals surface area contributed by atoms with Crippen molar-refractivity contribution in [1.82, 2.24) is 4.98 Å². The minimum atomic E-state index is -1.07. The molecule has 0 spiro atoms. The summed E-state index contributed by atoms with van der Waals surface area (Å²) in [4.78, 5) is 14.3. The van der Waals surface area contributed by atoms with E-state index in [-0.39, 0.29) is 12.3 Å². The van der Waals surface area contributed by atoms with E-state index in [2.05, 4.69) is 4.98 Å². The molecule has 0 fully saturated rings. The van der Waals surface area contributed by atoms with Gasteiger partial charge in [0.15, 0.2) is 0 Å². The highest BCUT2D eigenvalue weighted by Gasteiger charge is 2.23. The molecule has 0 saturated carbocycles. The summed E-state index contributed by atoms with van der Waals surface area (Å²) in [6.45, 7) is 3.95.